The molecule has 0 aliphatic carbocycles. The van der Waals surface area contributed by atoms with Crippen LogP contribution in [0.5, 0.6) is 11.5 Å². The van der Waals surface area contributed by atoms with Gasteiger partial charge in [0.25, 0.3) is 5.91 Å². The minimum Gasteiger partial charge on any atom is -0.497 e. The molecule has 7 heteroatoms. The van der Waals surface area contributed by atoms with E-state index in [-0.39, 0.29) is 0 Å². The van der Waals surface area contributed by atoms with Crippen LogP contribution in [0.2, 0.25) is 0 Å². The van der Waals surface area contributed by atoms with Gasteiger partial charge in [0, 0.05) is 17.0 Å². The Balaban J connectivity index is 1.97. The average molecular weight is 361 g/mol. The van der Waals surface area contributed by atoms with Crippen LogP contribution in [0.25, 0.3) is 6.08 Å². The Kier molecular flexibility index (Phi) is 6.59. The predicted molar refractivity (Wildman–Crippen MR) is 97.1 cm³/mol. The Morgan fingerprint density at radius 3 is 2.64 bits per heavy atom. The van der Waals surface area contributed by atoms with Gasteiger partial charge in [-0.25, -0.2) is 4.79 Å². The fourth-order valence-electron chi connectivity index (χ4n) is 1.95. The monoisotopic (exact) mass is 361 g/mol. The summed E-state index contributed by atoms with van der Waals surface area (Å²) < 4.78 is 15.4. The number of ether oxygens (including phenoxy) is 3. The second-order valence-corrected chi connectivity index (χ2v) is 5.96. The van der Waals surface area contributed by atoms with Crippen molar-refractivity contribution in [2.45, 2.75) is 13.0 Å². The SMILES string of the molecule is COc1ccc(OC)c(NC(=O)C(C)OC(=O)/C=C/c2cccs2)c1. The van der Waals surface area contributed by atoms with E-state index in [0.29, 0.717) is 17.2 Å². The van der Waals surface area contributed by atoms with Crippen LogP contribution in [0.3, 0.4) is 0 Å². The van der Waals surface area contributed by atoms with Gasteiger partial charge in [0.15, 0.2) is 6.10 Å². The Morgan fingerprint density at radius 1 is 1.20 bits per heavy atom. The van der Waals surface area contributed by atoms with Crippen molar-refractivity contribution < 1.29 is 23.8 Å². The van der Waals surface area contributed by atoms with Crippen LogP contribution in [0.4, 0.5) is 5.69 Å². The van der Waals surface area contributed by atoms with Crippen LogP contribution in [-0.2, 0) is 14.3 Å². The van der Waals surface area contributed by atoms with E-state index in [1.54, 1.807) is 24.3 Å². The molecule has 1 N–H and O–H groups in total. The molecule has 0 radical (unpaired) electrons. The number of benzene rings is 1. The predicted octanol–water partition coefficient (Wildman–Crippen LogP) is 3.35. The number of rotatable bonds is 7. The Labute approximate surface area is 150 Å². The lowest BCUT2D eigenvalue weighted by atomic mass is 10.2. The van der Waals surface area contributed by atoms with E-state index in [1.165, 1.54) is 38.6 Å². The standard InChI is InChI=1S/C18H19NO5S/c1-12(24-17(20)9-7-14-5-4-10-25-14)18(21)19-15-11-13(22-2)6-8-16(15)23-3/h4-12H,1-3H3,(H,19,21)/b9-7+. The smallest absolute Gasteiger partial charge is 0.331 e. The molecule has 1 unspecified atom stereocenters. The molecule has 1 atom stereocenters. The van der Waals surface area contributed by atoms with Gasteiger partial charge >= 0.3 is 5.97 Å². The minimum absolute atomic E-state index is 0.434. The molecule has 0 aliphatic heterocycles. The topological polar surface area (TPSA) is 73.9 Å². The highest BCUT2D eigenvalue weighted by molar-refractivity contribution is 7.10. The molecule has 1 amide bonds. The summed E-state index contributed by atoms with van der Waals surface area (Å²) >= 11 is 1.50. The number of methoxy groups -OCH3 is 2. The van der Waals surface area contributed by atoms with Crippen molar-refractivity contribution in [1.82, 2.24) is 0 Å². The van der Waals surface area contributed by atoms with E-state index in [4.69, 9.17) is 14.2 Å². The summed E-state index contributed by atoms with van der Waals surface area (Å²) in [5.41, 5.74) is 0.434. The van der Waals surface area contributed by atoms with Crippen molar-refractivity contribution in [3.05, 3.63) is 46.7 Å². The fourth-order valence-corrected chi connectivity index (χ4v) is 2.57. The number of nitrogens with one attached hydrogen (secondary N) is 1. The van der Waals surface area contributed by atoms with Crippen LogP contribution in [-0.4, -0.2) is 32.2 Å². The molecule has 0 fully saturated rings. The number of hydrogen-bond acceptors (Lipinski definition) is 6. The zero-order valence-electron chi connectivity index (χ0n) is 14.1. The Morgan fingerprint density at radius 2 is 2.00 bits per heavy atom. The fraction of sp³-hybridized carbons (Fsp3) is 0.222. The molecule has 2 aromatic rings. The van der Waals surface area contributed by atoms with Gasteiger partial charge in [-0.1, -0.05) is 6.07 Å². The van der Waals surface area contributed by atoms with E-state index in [2.05, 4.69) is 5.32 Å². The molecule has 132 valence electrons. The van der Waals surface area contributed by atoms with Crippen LogP contribution < -0.4 is 14.8 Å². The molecule has 0 saturated heterocycles. The number of esters is 1. The number of thiophene rings is 1. The van der Waals surface area contributed by atoms with Crippen molar-refractivity contribution >= 4 is 35.0 Å². The van der Waals surface area contributed by atoms with Gasteiger partial charge in [0.2, 0.25) is 0 Å². The van der Waals surface area contributed by atoms with Gasteiger partial charge in [0.1, 0.15) is 11.5 Å². The third kappa shape index (κ3) is 5.36. The van der Waals surface area contributed by atoms with Crippen LogP contribution in [0.15, 0.2) is 41.8 Å². The van der Waals surface area contributed by atoms with Gasteiger partial charge in [-0.3, -0.25) is 4.79 Å². The highest BCUT2D eigenvalue weighted by atomic mass is 32.1. The summed E-state index contributed by atoms with van der Waals surface area (Å²) in [6.45, 7) is 1.50. The zero-order valence-corrected chi connectivity index (χ0v) is 15.0. The summed E-state index contributed by atoms with van der Waals surface area (Å²) in [5.74, 6) is -0.0111. The molecule has 0 spiro atoms. The second-order valence-electron chi connectivity index (χ2n) is 4.98. The van der Waals surface area contributed by atoms with E-state index >= 15 is 0 Å². The van der Waals surface area contributed by atoms with Crippen LogP contribution >= 0.6 is 11.3 Å². The molecule has 1 aromatic carbocycles. The molecule has 6 nitrogen and oxygen atoms in total. The molecule has 0 saturated carbocycles. The maximum absolute atomic E-state index is 12.2. The summed E-state index contributed by atoms with van der Waals surface area (Å²) in [5, 5.41) is 4.57. The number of carbonyl (C=O) groups is 2. The number of anilines is 1. The van der Waals surface area contributed by atoms with Crippen LogP contribution in [0, 0.1) is 0 Å². The van der Waals surface area contributed by atoms with E-state index in [1.807, 2.05) is 17.5 Å². The Hall–Kier alpha value is -2.80. The number of carbonyl (C=O) groups excluding carboxylic acids is 2. The van der Waals surface area contributed by atoms with Gasteiger partial charge in [-0.05, 0) is 36.6 Å². The first kappa shape index (κ1) is 18.5. The molecule has 0 aliphatic rings. The summed E-state index contributed by atoms with van der Waals surface area (Å²) in [4.78, 5) is 25.0. The Bertz CT molecular complexity index is 755. The summed E-state index contributed by atoms with van der Waals surface area (Å²) in [6, 6.07) is 8.77. The lowest BCUT2D eigenvalue weighted by molar-refractivity contribution is -0.148. The third-order valence-electron chi connectivity index (χ3n) is 3.25. The maximum Gasteiger partial charge on any atom is 0.331 e. The first-order valence-electron chi connectivity index (χ1n) is 7.48. The largest absolute Gasteiger partial charge is 0.497 e. The zero-order chi connectivity index (χ0) is 18.2. The van der Waals surface area contributed by atoms with Gasteiger partial charge < -0.3 is 19.5 Å². The molecule has 1 heterocycles. The molecule has 1 aromatic heterocycles. The van der Waals surface area contributed by atoms with Crippen molar-refractivity contribution in [2.24, 2.45) is 0 Å². The summed E-state index contributed by atoms with van der Waals surface area (Å²) in [7, 11) is 3.02. The lowest BCUT2D eigenvalue weighted by Crippen LogP contribution is -2.29. The normalized spacial score (nSPS) is 11.8. The second kappa shape index (κ2) is 8.89. The van der Waals surface area contributed by atoms with Crippen molar-refractivity contribution in [2.75, 3.05) is 19.5 Å². The van der Waals surface area contributed by atoms with Gasteiger partial charge in [-0.2, -0.15) is 0 Å². The third-order valence-corrected chi connectivity index (χ3v) is 4.09. The highest BCUT2D eigenvalue weighted by Crippen LogP contribution is 2.29. The van der Waals surface area contributed by atoms with Crippen molar-refractivity contribution in [3.8, 4) is 11.5 Å². The maximum atomic E-state index is 12.2. The first-order valence-corrected chi connectivity index (χ1v) is 8.36. The number of amides is 1. The van der Waals surface area contributed by atoms with Gasteiger partial charge in [-0.15, -0.1) is 11.3 Å². The molecule has 0 bridgehead atoms. The molecule has 2 rings (SSSR count). The minimum atomic E-state index is -0.962. The van der Waals surface area contributed by atoms with Crippen molar-refractivity contribution in [3.63, 3.8) is 0 Å². The highest BCUT2D eigenvalue weighted by Gasteiger charge is 2.18. The quantitative estimate of drug-likeness (QED) is 0.605. The van der Waals surface area contributed by atoms with E-state index in [0.717, 1.165) is 4.88 Å². The van der Waals surface area contributed by atoms with Crippen molar-refractivity contribution in [1.29, 1.82) is 0 Å². The van der Waals surface area contributed by atoms with Gasteiger partial charge in [0.05, 0.1) is 19.9 Å². The van der Waals surface area contributed by atoms with E-state index < -0.39 is 18.0 Å². The summed E-state index contributed by atoms with van der Waals surface area (Å²) in [6.07, 6.45) is 1.97. The average Bonchev–Trinajstić information content (AvgIpc) is 3.13. The lowest BCUT2D eigenvalue weighted by Gasteiger charge is -2.15. The molecular formula is C18H19NO5S. The number of hydrogen-bond donors (Lipinski definition) is 1. The van der Waals surface area contributed by atoms with E-state index in [9.17, 15) is 9.59 Å². The molecule has 25 heavy (non-hydrogen) atoms. The van der Waals surface area contributed by atoms with Crippen LogP contribution in [0.1, 0.15) is 11.8 Å². The molecular weight excluding hydrogens is 342 g/mol. The first-order chi connectivity index (χ1) is 12.0.